The summed E-state index contributed by atoms with van der Waals surface area (Å²) in [5.41, 5.74) is 1.37. The second kappa shape index (κ2) is 12.2. The second-order valence-electron chi connectivity index (χ2n) is 9.73. The van der Waals surface area contributed by atoms with Crippen molar-refractivity contribution in [3.63, 3.8) is 0 Å². The van der Waals surface area contributed by atoms with Crippen LogP contribution in [0.1, 0.15) is 45.7 Å². The van der Waals surface area contributed by atoms with Gasteiger partial charge in [0.05, 0.1) is 0 Å². The predicted molar refractivity (Wildman–Crippen MR) is 134 cm³/mol. The molecular weight excluding hydrogens is 412 g/mol. The fraction of sp³-hybridized carbons (Fsp3) is 0.429. The largest absolute Gasteiger partial charge is 0.444 e. The molecule has 0 saturated carbocycles. The molecule has 2 aromatic rings. The van der Waals surface area contributed by atoms with Crippen molar-refractivity contribution in [3.8, 4) is 0 Å². The number of carbonyl (C=O) groups excluding carboxylic acids is 2. The van der Waals surface area contributed by atoms with Crippen LogP contribution in [0.5, 0.6) is 0 Å². The van der Waals surface area contributed by atoms with Crippen molar-refractivity contribution in [2.45, 2.75) is 59.2 Å². The molecule has 0 N–H and O–H groups in total. The van der Waals surface area contributed by atoms with Crippen LogP contribution in [0.3, 0.4) is 0 Å². The first-order chi connectivity index (χ1) is 15.6. The van der Waals surface area contributed by atoms with Crippen molar-refractivity contribution >= 4 is 12.0 Å². The van der Waals surface area contributed by atoms with Crippen molar-refractivity contribution in [2.24, 2.45) is 5.92 Å². The molecule has 2 amide bonds. The van der Waals surface area contributed by atoms with Crippen LogP contribution in [-0.2, 0) is 22.5 Å². The van der Waals surface area contributed by atoms with E-state index in [9.17, 15) is 9.59 Å². The molecule has 5 heteroatoms. The highest BCUT2D eigenvalue weighted by Crippen LogP contribution is 2.19. The molecule has 178 valence electrons. The molecule has 0 aromatic heterocycles. The first-order valence-corrected chi connectivity index (χ1v) is 11.6. The Kier molecular flexibility index (Phi) is 9.71. The predicted octanol–water partition coefficient (Wildman–Crippen LogP) is 5.71. The molecule has 0 bridgehead atoms. The van der Waals surface area contributed by atoms with Gasteiger partial charge in [-0.2, -0.15) is 0 Å². The third-order valence-corrected chi connectivity index (χ3v) is 5.00. The van der Waals surface area contributed by atoms with Gasteiger partial charge in [0.25, 0.3) is 0 Å². The minimum atomic E-state index is -0.706. The standard InChI is InChI=1S/C28H38N2O3/c1-7-18-30(27(32)33-28(4,5)6)25(19-23-14-10-8-11-15-23)26(31)29(20-22(2)3)21-24-16-12-9-13-17-24/h7-17,22,25H,1,18-21H2,2-6H3/t25-/m1/s1. The number of amides is 2. The summed E-state index contributed by atoms with van der Waals surface area (Å²) in [7, 11) is 0. The molecule has 0 spiro atoms. The molecular formula is C28H38N2O3. The summed E-state index contributed by atoms with van der Waals surface area (Å²) < 4.78 is 5.67. The van der Waals surface area contributed by atoms with Crippen LogP contribution in [0, 0.1) is 5.92 Å². The molecule has 33 heavy (non-hydrogen) atoms. The van der Waals surface area contributed by atoms with Crippen LogP contribution >= 0.6 is 0 Å². The topological polar surface area (TPSA) is 49.9 Å². The van der Waals surface area contributed by atoms with Gasteiger partial charge < -0.3 is 9.64 Å². The zero-order valence-corrected chi connectivity index (χ0v) is 20.7. The molecule has 0 aliphatic rings. The van der Waals surface area contributed by atoms with E-state index in [-0.39, 0.29) is 18.4 Å². The number of ether oxygens (including phenoxy) is 1. The number of rotatable bonds is 10. The lowest BCUT2D eigenvalue weighted by Gasteiger charge is -2.36. The van der Waals surface area contributed by atoms with Gasteiger partial charge in [0.2, 0.25) is 5.91 Å². The second-order valence-corrected chi connectivity index (χ2v) is 9.73. The minimum Gasteiger partial charge on any atom is -0.444 e. The van der Waals surface area contributed by atoms with E-state index in [1.807, 2.05) is 86.3 Å². The molecule has 5 nitrogen and oxygen atoms in total. The lowest BCUT2D eigenvalue weighted by Crippen LogP contribution is -2.53. The lowest BCUT2D eigenvalue weighted by molar-refractivity contribution is -0.138. The van der Waals surface area contributed by atoms with Gasteiger partial charge in [0.15, 0.2) is 0 Å². The van der Waals surface area contributed by atoms with E-state index in [0.29, 0.717) is 19.5 Å². The highest BCUT2D eigenvalue weighted by Gasteiger charge is 2.35. The smallest absolute Gasteiger partial charge is 0.411 e. The van der Waals surface area contributed by atoms with Gasteiger partial charge in [-0.3, -0.25) is 9.69 Å². The van der Waals surface area contributed by atoms with Crippen molar-refractivity contribution in [2.75, 3.05) is 13.1 Å². The molecule has 0 saturated heterocycles. The number of nitrogens with zero attached hydrogens (tertiary/aromatic N) is 2. The Morgan fingerprint density at radius 2 is 1.52 bits per heavy atom. The van der Waals surface area contributed by atoms with Gasteiger partial charge in [-0.25, -0.2) is 4.79 Å². The maximum Gasteiger partial charge on any atom is 0.411 e. The fourth-order valence-corrected chi connectivity index (χ4v) is 3.64. The zero-order chi connectivity index (χ0) is 24.4. The first kappa shape index (κ1) is 26.2. The maximum atomic E-state index is 14.0. The molecule has 1 atom stereocenters. The van der Waals surface area contributed by atoms with Crippen LogP contribution < -0.4 is 0 Å². The quantitative estimate of drug-likeness (QED) is 0.436. The summed E-state index contributed by atoms with van der Waals surface area (Å²) in [5.74, 6) is 0.188. The summed E-state index contributed by atoms with van der Waals surface area (Å²) in [5, 5.41) is 0. The van der Waals surface area contributed by atoms with Crippen molar-refractivity contribution in [3.05, 3.63) is 84.4 Å². The molecule has 2 rings (SSSR count). The number of hydrogen-bond acceptors (Lipinski definition) is 3. The number of benzene rings is 2. The number of carbonyl (C=O) groups is 2. The Labute approximate surface area is 199 Å². The fourth-order valence-electron chi connectivity index (χ4n) is 3.64. The van der Waals surface area contributed by atoms with E-state index in [1.165, 1.54) is 4.90 Å². The van der Waals surface area contributed by atoms with Crippen LogP contribution in [0.2, 0.25) is 0 Å². The minimum absolute atomic E-state index is 0.0934. The Hall–Kier alpha value is -3.08. The van der Waals surface area contributed by atoms with Gasteiger partial charge in [-0.05, 0) is 37.8 Å². The maximum absolute atomic E-state index is 14.0. The average molecular weight is 451 g/mol. The Balaban J connectivity index is 2.44. The first-order valence-electron chi connectivity index (χ1n) is 11.6. The summed E-state index contributed by atoms with van der Waals surface area (Å²) in [6.45, 7) is 14.8. The molecule has 0 fully saturated rings. The van der Waals surface area contributed by atoms with Gasteiger partial charge in [-0.1, -0.05) is 80.6 Å². The van der Waals surface area contributed by atoms with Crippen molar-refractivity contribution in [1.29, 1.82) is 0 Å². The van der Waals surface area contributed by atoms with E-state index in [4.69, 9.17) is 4.74 Å². The third kappa shape index (κ3) is 8.76. The molecule has 0 unspecified atom stereocenters. The average Bonchev–Trinajstić information content (AvgIpc) is 2.75. The van der Waals surface area contributed by atoms with E-state index < -0.39 is 17.7 Å². The molecule has 0 radical (unpaired) electrons. The molecule has 0 heterocycles. The van der Waals surface area contributed by atoms with Crippen molar-refractivity contribution < 1.29 is 14.3 Å². The molecule has 0 aliphatic carbocycles. The van der Waals surface area contributed by atoms with Gasteiger partial charge in [0.1, 0.15) is 11.6 Å². The Bertz CT molecular complexity index is 888. The Morgan fingerprint density at radius 1 is 0.970 bits per heavy atom. The summed E-state index contributed by atoms with van der Waals surface area (Å²) in [6.07, 6.45) is 1.52. The van der Waals surface area contributed by atoms with Gasteiger partial charge in [-0.15, -0.1) is 6.58 Å². The van der Waals surface area contributed by atoms with Crippen LogP contribution in [0.15, 0.2) is 73.3 Å². The van der Waals surface area contributed by atoms with Crippen LogP contribution in [-0.4, -0.2) is 46.5 Å². The van der Waals surface area contributed by atoms with Gasteiger partial charge in [0, 0.05) is 26.1 Å². The summed E-state index contributed by atoms with van der Waals surface area (Å²) >= 11 is 0. The highest BCUT2D eigenvalue weighted by atomic mass is 16.6. The van der Waals surface area contributed by atoms with E-state index in [2.05, 4.69) is 20.4 Å². The van der Waals surface area contributed by atoms with E-state index in [0.717, 1.165) is 11.1 Å². The van der Waals surface area contributed by atoms with E-state index in [1.54, 1.807) is 6.08 Å². The SMILES string of the molecule is C=CCN(C(=O)OC(C)(C)C)[C@H](Cc1ccccc1)C(=O)N(Cc1ccccc1)CC(C)C. The summed E-state index contributed by atoms with van der Waals surface area (Å²) in [6, 6.07) is 19.0. The van der Waals surface area contributed by atoms with E-state index >= 15 is 0 Å². The normalized spacial score (nSPS) is 12.2. The van der Waals surface area contributed by atoms with Crippen LogP contribution in [0.4, 0.5) is 4.79 Å². The van der Waals surface area contributed by atoms with Gasteiger partial charge >= 0.3 is 6.09 Å². The zero-order valence-electron chi connectivity index (χ0n) is 20.7. The molecule has 2 aromatic carbocycles. The van der Waals surface area contributed by atoms with Crippen LogP contribution in [0.25, 0.3) is 0 Å². The third-order valence-electron chi connectivity index (χ3n) is 5.00. The van der Waals surface area contributed by atoms with Crippen molar-refractivity contribution in [1.82, 2.24) is 9.80 Å². The lowest BCUT2D eigenvalue weighted by atomic mass is 10.0. The monoisotopic (exact) mass is 450 g/mol. The number of hydrogen-bond donors (Lipinski definition) is 0. The Morgan fingerprint density at radius 3 is 2.00 bits per heavy atom. The molecule has 0 aliphatic heterocycles. The highest BCUT2D eigenvalue weighted by molar-refractivity contribution is 5.86. The summed E-state index contributed by atoms with van der Waals surface area (Å²) in [4.78, 5) is 30.6.